The molecule has 7 heteroatoms. The summed E-state index contributed by atoms with van der Waals surface area (Å²) in [5, 5.41) is 12.5. The molecule has 0 saturated heterocycles. The molecule has 5 rings (SSSR count). The van der Waals surface area contributed by atoms with Gasteiger partial charge >= 0.3 is 0 Å². The number of aryl methyl sites for hydroxylation is 2. The molecule has 29 heavy (non-hydrogen) atoms. The number of hydrogen-bond acceptors (Lipinski definition) is 6. The molecule has 6 nitrogen and oxygen atoms in total. The van der Waals surface area contributed by atoms with Gasteiger partial charge in [-0.2, -0.15) is 10.2 Å². The van der Waals surface area contributed by atoms with Crippen molar-refractivity contribution in [2.24, 2.45) is 0 Å². The predicted molar refractivity (Wildman–Crippen MR) is 115 cm³/mol. The predicted octanol–water partition coefficient (Wildman–Crippen LogP) is 4.06. The molecule has 0 unspecified atom stereocenters. The minimum absolute atomic E-state index is 0.0130. The zero-order valence-electron chi connectivity index (χ0n) is 16.8. The van der Waals surface area contributed by atoms with Crippen molar-refractivity contribution in [1.82, 2.24) is 20.5 Å². The number of amides is 1. The highest BCUT2D eigenvalue weighted by atomic mass is 32.1. The summed E-state index contributed by atoms with van der Waals surface area (Å²) in [4.78, 5) is 20.4. The third-order valence-electron chi connectivity index (χ3n) is 5.48. The fourth-order valence-corrected chi connectivity index (χ4v) is 5.08. The maximum Gasteiger partial charge on any atom is 0.263 e. The van der Waals surface area contributed by atoms with Crippen LogP contribution in [0.15, 0.2) is 30.3 Å². The van der Waals surface area contributed by atoms with Crippen LogP contribution in [-0.2, 0) is 12.8 Å². The molecule has 0 aliphatic carbocycles. The van der Waals surface area contributed by atoms with Gasteiger partial charge in [0, 0.05) is 29.8 Å². The van der Waals surface area contributed by atoms with Gasteiger partial charge in [-0.3, -0.25) is 4.79 Å². The van der Waals surface area contributed by atoms with Gasteiger partial charge in [0.05, 0.1) is 17.1 Å². The number of nitrogens with one attached hydrogen (secondary N) is 1. The van der Waals surface area contributed by atoms with Gasteiger partial charge in [0.2, 0.25) is 0 Å². The normalized spacial score (nSPS) is 17.5. The molecule has 2 aliphatic rings. The van der Waals surface area contributed by atoms with Crippen LogP contribution in [-0.4, -0.2) is 33.2 Å². The standard InChI is InChI=1S/C22H23N5OS/c1-13-6-9-16(26-25-13)15-8-7-14-5-4-10-27(18(14)11-15)21-23-17-12-22(2,3)24-20(28)19(17)29-21/h6-9,11H,4-5,10,12H2,1-3H3,(H,24,28). The van der Waals surface area contributed by atoms with Gasteiger partial charge in [-0.25, -0.2) is 4.98 Å². The van der Waals surface area contributed by atoms with Crippen LogP contribution in [0.2, 0.25) is 0 Å². The van der Waals surface area contributed by atoms with Crippen LogP contribution in [0.3, 0.4) is 0 Å². The lowest BCUT2D eigenvalue weighted by Gasteiger charge is -2.29. The number of benzene rings is 1. The summed E-state index contributed by atoms with van der Waals surface area (Å²) in [5.74, 6) is -0.0130. The van der Waals surface area contributed by atoms with E-state index in [4.69, 9.17) is 4.98 Å². The van der Waals surface area contributed by atoms with Crippen LogP contribution < -0.4 is 10.2 Å². The Morgan fingerprint density at radius 1 is 1.17 bits per heavy atom. The number of hydrogen-bond donors (Lipinski definition) is 1. The van der Waals surface area contributed by atoms with Crippen molar-refractivity contribution in [2.75, 3.05) is 11.4 Å². The van der Waals surface area contributed by atoms with Crippen LogP contribution >= 0.6 is 11.3 Å². The molecule has 2 aliphatic heterocycles. The highest BCUT2D eigenvalue weighted by molar-refractivity contribution is 7.17. The van der Waals surface area contributed by atoms with Crippen LogP contribution in [0.25, 0.3) is 11.3 Å². The van der Waals surface area contributed by atoms with Crippen molar-refractivity contribution in [3.8, 4) is 11.3 Å². The molecular weight excluding hydrogens is 382 g/mol. The summed E-state index contributed by atoms with van der Waals surface area (Å²) in [7, 11) is 0. The van der Waals surface area contributed by atoms with E-state index in [0.29, 0.717) is 0 Å². The van der Waals surface area contributed by atoms with E-state index in [1.807, 2.05) is 32.9 Å². The molecule has 1 aromatic carbocycles. The zero-order chi connectivity index (χ0) is 20.2. The van der Waals surface area contributed by atoms with Crippen LogP contribution in [0.1, 0.15) is 46.9 Å². The van der Waals surface area contributed by atoms with Gasteiger partial charge in [0.15, 0.2) is 5.13 Å². The second-order valence-corrected chi connectivity index (χ2v) is 9.42. The summed E-state index contributed by atoms with van der Waals surface area (Å²) in [5.41, 5.74) is 5.92. The van der Waals surface area contributed by atoms with Gasteiger partial charge in [-0.1, -0.05) is 23.5 Å². The van der Waals surface area contributed by atoms with E-state index in [0.717, 1.165) is 64.1 Å². The Hall–Kier alpha value is -2.80. The number of rotatable bonds is 2. The second-order valence-electron chi connectivity index (χ2n) is 8.45. The Balaban J connectivity index is 1.55. The van der Waals surface area contributed by atoms with E-state index in [1.54, 1.807) is 0 Å². The largest absolute Gasteiger partial charge is 0.346 e. The number of carbonyl (C=O) groups is 1. The molecule has 0 saturated carbocycles. The Morgan fingerprint density at radius 2 is 2.03 bits per heavy atom. The fourth-order valence-electron chi connectivity index (χ4n) is 4.06. The van der Waals surface area contributed by atoms with Gasteiger partial charge < -0.3 is 10.2 Å². The summed E-state index contributed by atoms with van der Waals surface area (Å²) >= 11 is 1.49. The van der Waals surface area contributed by atoms with Crippen molar-refractivity contribution < 1.29 is 4.79 Å². The molecule has 0 bridgehead atoms. The molecule has 0 radical (unpaired) electrons. The lowest BCUT2D eigenvalue weighted by Crippen LogP contribution is -2.48. The average molecular weight is 406 g/mol. The van der Waals surface area contributed by atoms with Gasteiger partial charge in [-0.05, 0) is 57.4 Å². The van der Waals surface area contributed by atoms with E-state index < -0.39 is 0 Å². The van der Waals surface area contributed by atoms with Crippen LogP contribution in [0, 0.1) is 6.92 Å². The SMILES string of the molecule is Cc1ccc(-c2ccc3c(c2)N(c2nc4c(s2)C(=O)NC(C)(C)C4)CCC3)nn1. The molecule has 1 amide bonds. The smallest absolute Gasteiger partial charge is 0.263 e. The topological polar surface area (TPSA) is 71.0 Å². The first-order valence-corrected chi connectivity index (χ1v) is 10.7. The zero-order valence-corrected chi connectivity index (χ0v) is 17.6. The maximum atomic E-state index is 12.5. The quantitative estimate of drug-likeness (QED) is 0.696. The van der Waals surface area contributed by atoms with Crippen molar-refractivity contribution in [3.63, 3.8) is 0 Å². The molecule has 0 fully saturated rings. The molecular formula is C22H23N5OS. The van der Waals surface area contributed by atoms with E-state index in [1.165, 1.54) is 16.9 Å². The number of aromatic nitrogens is 3. The van der Waals surface area contributed by atoms with Gasteiger partial charge in [0.1, 0.15) is 4.88 Å². The van der Waals surface area contributed by atoms with Crippen molar-refractivity contribution in [2.45, 2.75) is 45.6 Å². The number of thiazole rings is 1. The van der Waals surface area contributed by atoms with Crippen LogP contribution in [0.5, 0.6) is 0 Å². The molecule has 1 N–H and O–H groups in total. The van der Waals surface area contributed by atoms with E-state index in [-0.39, 0.29) is 11.4 Å². The lowest BCUT2D eigenvalue weighted by molar-refractivity contribution is 0.0901. The lowest BCUT2D eigenvalue weighted by atomic mass is 9.94. The minimum atomic E-state index is -0.257. The Morgan fingerprint density at radius 3 is 2.83 bits per heavy atom. The molecule has 2 aromatic heterocycles. The minimum Gasteiger partial charge on any atom is -0.346 e. The van der Waals surface area contributed by atoms with Crippen molar-refractivity contribution >= 4 is 28.1 Å². The summed E-state index contributed by atoms with van der Waals surface area (Å²) in [6, 6.07) is 10.5. The Kier molecular flexibility index (Phi) is 4.17. The third-order valence-corrected chi connectivity index (χ3v) is 6.60. The number of nitrogens with zero attached hydrogens (tertiary/aromatic N) is 4. The monoisotopic (exact) mass is 405 g/mol. The first kappa shape index (κ1) is 18.2. The molecule has 0 spiro atoms. The first-order valence-electron chi connectivity index (χ1n) is 9.93. The summed E-state index contributed by atoms with van der Waals surface area (Å²) in [6.07, 6.45) is 2.87. The first-order chi connectivity index (χ1) is 13.9. The highest BCUT2D eigenvalue weighted by Crippen LogP contribution is 2.40. The maximum absolute atomic E-state index is 12.5. The Bertz CT molecular complexity index is 1100. The summed E-state index contributed by atoms with van der Waals surface area (Å²) in [6.45, 7) is 6.91. The van der Waals surface area contributed by atoms with Crippen molar-refractivity contribution in [1.29, 1.82) is 0 Å². The van der Waals surface area contributed by atoms with Gasteiger partial charge in [-0.15, -0.1) is 0 Å². The Labute approximate surface area is 174 Å². The second kappa shape index (κ2) is 6.62. The molecule has 0 atom stereocenters. The van der Waals surface area contributed by atoms with E-state index in [2.05, 4.69) is 38.6 Å². The molecule has 3 aromatic rings. The molecule has 148 valence electrons. The average Bonchev–Trinajstić information content (AvgIpc) is 3.10. The van der Waals surface area contributed by atoms with E-state index >= 15 is 0 Å². The fraction of sp³-hybridized carbons (Fsp3) is 0.364. The number of fused-ring (bicyclic) bond motifs is 2. The van der Waals surface area contributed by atoms with Gasteiger partial charge in [0.25, 0.3) is 5.91 Å². The number of carbonyl (C=O) groups excluding carboxylic acids is 1. The number of anilines is 2. The van der Waals surface area contributed by atoms with E-state index in [9.17, 15) is 4.79 Å². The highest BCUT2D eigenvalue weighted by Gasteiger charge is 2.34. The van der Waals surface area contributed by atoms with Crippen LogP contribution in [0.4, 0.5) is 10.8 Å². The third kappa shape index (κ3) is 3.29. The summed E-state index contributed by atoms with van der Waals surface area (Å²) < 4.78 is 0. The molecule has 4 heterocycles. The van der Waals surface area contributed by atoms with Crippen molar-refractivity contribution in [3.05, 3.63) is 52.2 Å².